The fourth-order valence-electron chi connectivity index (χ4n) is 2.93. The van der Waals surface area contributed by atoms with E-state index >= 15 is 0 Å². The van der Waals surface area contributed by atoms with Crippen LogP contribution in [0.15, 0.2) is 28.8 Å². The molecule has 0 bridgehead atoms. The van der Waals surface area contributed by atoms with E-state index in [4.69, 9.17) is 16.1 Å². The topological polar surface area (TPSA) is 49.5 Å². The Labute approximate surface area is 133 Å². The van der Waals surface area contributed by atoms with E-state index in [9.17, 15) is 9.50 Å². The number of aliphatic hydroxyl groups is 1. The molecule has 2 aromatic rings. The summed E-state index contributed by atoms with van der Waals surface area (Å²) in [6.07, 6.45) is 0.197. The van der Waals surface area contributed by atoms with Crippen LogP contribution in [-0.4, -0.2) is 34.4 Å². The molecule has 1 aromatic heterocycles. The molecule has 0 unspecified atom stereocenters. The number of aryl methyl sites for hydroxylation is 1. The molecule has 118 valence electrons. The van der Waals surface area contributed by atoms with Crippen LogP contribution in [0.25, 0.3) is 0 Å². The number of aromatic nitrogens is 1. The van der Waals surface area contributed by atoms with Gasteiger partial charge in [-0.15, -0.1) is 0 Å². The van der Waals surface area contributed by atoms with Gasteiger partial charge in [-0.1, -0.05) is 22.8 Å². The summed E-state index contributed by atoms with van der Waals surface area (Å²) in [5.74, 6) is 0.542. The molecule has 1 aliphatic heterocycles. The normalized spacial score (nSPS) is 22.4. The lowest BCUT2D eigenvalue weighted by atomic mass is 10.0. The second-order valence-electron chi connectivity index (χ2n) is 5.90. The predicted molar refractivity (Wildman–Crippen MR) is 81.1 cm³/mol. The number of hydrogen-bond acceptors (Lipinski definition) is 4. The van der Waals surface area contributed by atoms with Crippen molar-refractivity contribution in [3.63, 3.8) is 0 Å². The number of β-amino-alcohol motifs (C(OH)–C–C–N with tert-alkyl or cyclic N) is 1. The zero-order valence-electron chi connectivity index (χ0n) is 12.3. The van der Waals surface area contributed by atoms with Gasteiger partial charge in [-0.3, -0.25) is 4.90 Å². The molecule has 1 N–H and O–H groups in total. The molecule has 1 aliphatic rings. The maximum atomic E-state index is 13.9. The molecular formula is C16H18ClFN2O2. The van der Waals surface area contributed by atoms with Crippen molar-refractivity contribution in [1.29, 1.82) is 0 Å². The van der Waals surface area contributed by atoms with E-state index in [1.165, 1.54) is 6.07 Å². The van der Waals surface area contributed by atoms with Crippen molar-refractivity contribution >= 4 is 11.6 Å². The molecular weight excluding hydrogens is 307 g/mol. The Balaban J connectivity index is 1.62. The van der Waals surface area contributed by atoms with Crippen LogP contribution in [0.1, 0.15) is 17.0 Å². The number of hydrogen-bond donors (Lipinski definition) is 1. The third-order valence-electron chi connectivity index (χ3n) is 4.03. The van der Waals surface area contributed by atoms with E-state index in [0.29, 0.717) is 36.6 Å². The van der Waals surface area contributed by atoms with Gasteiger partial charge in [0.05, 0.1) is 11.8 Å². The summed E-state index contributed by atoms with van der Waals surface area (Å²) in [7, 11) is 0. The highest BCUT2D eigenvalue weighted by Crippen LogP contribution is 2.24. The van der Waals surface area contributed by atoms with Crippen LogP contribution in [-0.2, 0) is 13.0 Å². The van der Waals surface area contributed by atoms with E-state index in [1.54, 1.807) is 12.1 Å². The SMILES string of the molecule is Cc1cc(C[C@@H]2CN(Cc3ccc(Cl)cc3F)C[C@@H]2O)on1. The Morgan fingerprint density at radius 3 is 2.91 bits per heavy atom. The summed E-state index contributed by atoms with van der Waals surface area (Å²) >= 11 is 5.76. The standard InChI is InChI=1S/C16H18ClFN2O2/c1-10-4-14(22-19-10)5-12-8-20(9-16(12)21)7-11-2-3-13(17)6-15(11)18/h2-4,6,12,16,21H,5,7-9H2,1H3/t12-,16+/m1/s1. The zero-order chi connectivity index (χ0) is 15.7. The third kappa shape index (κ3) is 3.48. The van der Waals surface area contributed by atoms with Gasteiger partial charge in [-0.2, -0.15) is 0 Å². The Bertz CT molecular complexity index is 661. The van der Waals surface area contributed by atoms with Gasteiger partial charge < -0.3 is 9.63 Å². The molecule has 0 radical (unpaired) electrons. The van der Waals surface area contributed by atoms with Crippen molar-refractivity contribution in [3.8, 4) is 0 Å². The smallest absolute Gasteiger partial charge is 0.137 e. The first-order chi connectivity index (χ1) is 10.5. The molecule has 4 nitrogen and oxygen atoms in total. The monoisotopic (exact) mass is 324 g/mol. The molecule has 2 atom stereocenters. The average molecular weight is 325 g/mol. The van der Waals surface area contributed by atoms with E-state index in [-0.39, 0.29) is 11.7 Å². The van der Waals surface area contributed by atoms with E-state index < -0.39 is 6.10 Å². The minimum atomic E-state index is -0.444. The maximum absolute atomic E-state index is 13.9. The molecule has 1 saturated heterocycles. The van der Waals surface area contributed by atoms with Gasteiger partial charge >= 0.3 is 0 Å². The average Bonchev–Trinajstić information content (AvgIpc) is 3.00. The summed E-state index contributed by atoms with van der Waals surface area (Å²) in [6, 6.07) is 6.57. The fraction of sp³-hybridized carbons (Fsp3) is 0.438. The highest BCUT2D eigenvalue weighted by atomic mass is 35.5. The zero-order valence-corrected chi connectivity index (χ0v) is 13.1. The van der Waals surface area contributed by atoms with Crippen molar-refractivity contribution in [3.05, 3.63) is 52.1 Å². The molecule has 2 heterocycles. The first-order valence-electron chi connectivity index (χ1n) is 7.28. The lowest BCUT2D eigenvalue weighted by molar-refractivity contribution is 0.137. The number of nitrogens with zero attached hydrogens (tertiary/aromatic N) is 2. The van der Waals surface area contributed by atoms with Crippen LogP contribution in [0.2, 0.25) is 5.02 Å². The van der Waals surface area contributed by atoms with Crippen LogP contribution in [0.4, 0.5) is 4.39 Å². The lowest BCUT2D eigenvalue weighted by Gasteiger charge is -2.16. The predicted octanol–water partition coefficient (Wildman–Crippen LogP) is 2.81. The lowest BCUT2D eigenvalue weighted by Crippen LogP contribution is -2.22. The van der Waals surface area contributed by atoms with Gasteiger partial charge in [-0.05, 0) is 19.1 Å². The molecule has 0 saturated carbocycles. The minimum Gasteiger partial charge on any atom is -0.391 e. The Kier molecular flexibility index (Phi) is 4.47. The molecule has 0 amide bonds. The summed E-state index contributed by atoms with van der Waals surface area (Å²) < 4.78 is 19.1. The van der Waals surface area contributed by atoms with Crippen LogP contribution in [0.3, 0.4) is 0 Å². The summed E-state index contributed by atoms with van der Waals surface area (Å²) in [4.78, 5) is 2.05. The van der Waals surface area contributed by atoms with Crippen molar-refractivity contribution in [2.45, 2.75) is 26.0 Å². The molecule has 0 spiro atoms. The van der Waals surface area contributed by atoms with Crippen molar-refractivity contribution in [2.24, 2.45) is 5.92 Å². The van der Waals surface area contributed by atoms with Crippen molar-refractivity contribution in [1.82, 2.24) is 10.1 Å². The largest absolute Gasteiger partial charge is 0.391 e. The Hall–Kier alpha value is -1.43. The van der Waals surface area contributed by atoms with Crippen LogP contribution >= 0.6 is 11.6 Å². The van der Waals surface area contributed by atoms with Crippen molar-refractivity contribution in [2.75, 3.05) is 13.1 Å². The number of likely N-dealkylation sites (tertiary alicyclic amines) is 1. The highest BCUT2D eigenvalue weighted by molar-refractivity contribution is 6.30. The van der Waals surface area contributed by atoms with Crippen molar-refractivity contribution < 1.29 is 14.0 Å². The number of aliphatic hydroxyl groups excluding tert-OH is 1. The van der Waals surface area contributed by atoms with Gasteiger partial charge in [0.25, 0.3) is 0 Å². The number of rotatable bonds is 4. The van der Waals surface area contributed by atoms with E-state index in [1.807, 2.05) is 17.9 Å². The van der Waals surface area contributed by atoms with Gasteiger partial charge in [0.15, 0.2) is 0 Å². The van der Waals surface area contributed by atoms with Crippen LogP contribution in [0.5, 0.6) is 0 Å². The van der Waals surface area contributed by atoms with E-state index in [2.05, 4.69) is 5.16 Å². The quantitative estimate of drug-likeness (QED) is 0.939. The van der Waals surface area contributed by atoms with E-state index in [0.717, 1.165) is 11.5 Å². The molecule has 22 heavy (non-hydrogen) atoms. The fourth-order valence-corrected chi connectivity index (χ4v) is 3.09. The molecule has 3 rings (SSSR count). The molecule has 1 aromatic carbocycles. The second kappa shape index (κ2) is 6.36. The first-order valence-corrected chi connectivity index (χ1v) is 7.65. The highest BCUT2D eigenvalue weighted by Gasteiger charge is 2.32. The maximum Gasteiger partial charge on any atom is 0.137 e. The van der Waals surface area contributed by atoms with Crippen LogP contribution in [0, 0.1) is 18.7 Å². The second-order valence-corrected chi connectivity index (χ2v) is 6.33. The molecule has 6 heteroatoms. The number of halogens is 2. The Morgan fingerprint density at radius 2 is 2.23 bits per heavy atom. The van der Waals surface area contributed by atoms with Gasteiger partial charge in [0.1, 0.15) is 11.6 Å². The summed E-state index contributed by atoms with van der Waals surface area (Å²) in [5.41, 5.74) is 1.43. The number of benzene rings is 1. The van der Waals surface area contributed by atoms with Gasteiger partial charge in [0, 0.05) is 48.6 Å². The first kappa shape index (κ1) is 15.5. The van der Waals surface area contributed by atoms with Gasteiger partial charge in [-0.25, -0.2) is 4.39 Å². The molecule has 1 fully saturated rings. The summed E-state index contributed by atoms with van der Waals surface area (Å²) in [6.45, 7) is 3.56. The third-order valence-corrected chi connectivity index (χ3v) is 4.27. The Morgan fingerprint density at radius 1 is 1.41 bits per heavy atom. The molecule has 0 aliphatic carbocycles. The minimum absolute atomic E-state index is 0.0720. The summed E-state index contributed by atoms with van der Waals surface area (Å²) in [5, 5.41) is 14.4. The van der Waals surface area contributed by atoms with Gasteiger partial charge in [0.2, 0.25) is 0 Å². The van der Waals surface area contributed by atoms with Crippen LogP contribution < -0.4 is 0 Å².